The van der Waals surface area contributed by atoms with Crippen molar-refractivity contribution in [2.45, 2.75) is 157 Å². The minimum absolute atomic E-state index is 0.00120. The van der Waals surface area contributed by atoms with Crippen molar-refractivity contribution in [3.05, 3.63) is 154 Å². The molecule has 7 aromatic rings. The molecular formula is C65H72. The number of fused-ring (bicyclic) bond motifs is 9. The Morgan fingerprint density at radius 2 is 0.862 bits per heavy atom. The molecule has 0 heteroatoms. The number of hydrogen-bond acceptors (Lipinski definition) is 0. The first-order valence-electron chi connectivity index (χ1n) is 24.6. The van der Waals surface area contributed by atoms with E-state index in [2.05, 4.69) is 227 Å². The third-order valence-electron chi connectivity index (χ3n) is 15.9. The summed E-state index contributed by atoms with van der Waals surface area (Å²) in [5.74, 6) is 0.558. The third kappa shape index (κ3) is 6.58. The fourth-order valence-electron chi connectivity index (χ4n) is 12.1. The molecule has 0 radical (unpaired) electrons. The first-order valence-corrected chi connectivity index (χ1v) is 24.6. The van der Waals surface area contributed by atoms with E-state index < -0.39 is 0 Å². The van der Waals surface area contributed by atoms with Gasteiger partial charge in [0.1, 0.15) is 0 Å². The van der Waals surface area contributed by atoms with Crippen LogP contribution in [0.25, 0.3) is 77.5 Å². The molecule has 0 aliphatic heterocycles. The average Bonchev–Trinajstić information content (AvgIpc) is 3.76. The first kappa shape index (κ1) is 43.7. The zero-order valence-electron chi connectivity index (χ0n) is 42.7. The van der Waals surface area contributed by atoms with Gasteiger partial charge in [0.05, 0.1) is 0 Å². The van der Waals surface area contributed by atoms with Crippen molar-refractivity contribution >= 4 is 10.8 Å². The first-order chi connectivity index (χ1) is 30.2. The molecule has 332 valence electrons. The van der Waals surface area contributed by atoms with Crippen LogP contribution in [-0.2, 0) is 32.5 Å². The number of hydrogen-bond donors (Lipinski definition) is 0. The Morgan fingerprint density at radius 1 is 0.385 bits per heavy atom. The molecule has 1 atom stereocenters. The second-order valence-electron chi connectivity index (χ2n) is 25.6. The molecule has 7 aromatic carbocycles. The van der Waals surface area contributed by atoms with Crippen LogP contribution < -0.4 is 0 Å². The molecule has 0 saturated heterocycles. The molecule has 1 unspecified atom stereocenters. The van der Waals surface area contributed by atoms with E-state index in [4.69, 9.17) is 0 Å². The van der Waals surface area contributed by atoms with Gasteiger partial charge in [-0.25, -0.2) is 0 Å². The molecule has 0 N–H and O–H groups in total. The van der Waals surface area contributed by atoms with Crippen LogP contribution in [0.15, 0.2) is 109 Å². The van der Waals surface area contributed by atoms with Gasteiger partial charge in [0.25, 0.3) is 0 Å². The predicted molar refractivity (Wildman–Crippen MR) is 283 cm³/mol. The van der Waals surface area contributed by atoms with Gasteiger partial charge in [0, 0.05) is 10.8 Å². The SMILES string of the molecule is CC(C)CC1(C)c2cc(C(C)(C)C)ccc2-c2c(-c3ccc4c(c3)-c3cccc5c(-c6cc(C(C)(C)C)cc7c6-c6ccc(C(C)(C)C)cc6C7(C)C)ccc-4c35)cc(C(C)(C)C)cc21. The minimum Gasteiger partial charge on any atom is -0.0627 e. The van der Waals surface area contributed by atoms with Crippen molar-refractivity contribution < 1.29 is 0 Å². The highest BCUT2D eigenvalue weighted by Crippen LogP contribution is 2.59. The molecule has 10 rings (SSSR count). The topological polar surface area (TPSA) is 0 Å². The van der Waals surface area contributed by atoms with Gasteiger partial charge in [-0.2, -0.15) is 0 Å². The summed E-state index contributed by atoms with van der Waals surface area (Å²) in [7, 11) is 0. The largest absolute Gasteiger partial charge is 0.0627 e. The van der Waals surface area contributed by atoms with Gasteiger partial charge in [0.15, 0.2) is 0 Å². The van der Waals surface area contributed by atoms with E-state index >= 15 is 0 Å². The monoisotopic (exact) mass is 853 g/mol. The van der Waals surface area contributed by atoms with Crippen molar-refractivity contribution in [1.29, 1.82) is 0 Å². The summed E-state index contributed by atoms with van der Waals surface area (Å²) < 4.78 is 0. The zero-order valence-corrected chi connectivity index (χ0v) is 42.7. The van der Waals surface area contributed by atoms with Gasteiger partial charge in [-0.1, -0.05) is 209 Å². The minimum atomic E-state index is -0.116. The van der Waals surface area contributed by atoms with Gasteiger partial charge in [-0.05, 0) is 174 Å². The molecule has 0 heterocycles. The van der Waals surface area contributed by atoms with Crippen LogP contribution in [0.4, 0.5) is 0 Å². The van der Waals surface area contributed by atoms with E-state index in [9.17, 15) is 0 Å². The molecule has 3 aliphatic carbocycles. The van der Waals surface area contributed by atoms with Crippen LogP contribution in [0.5, 0.6) is 0 Å². The molecule has 65 heavy (non-hydrogen) atoms. The Bertz CT molecular complexity index is 3150. The summed E-state index contributed by atoms with van der Waals surface area (Å²) >= 11 is 0. The van der Waals surface area contributed by atoms with E-state index in [0.29, 0.717) is 5.92 Å². The number of benzene rings is 7. The predicted octanol–water partition coefficient (Wildman–Crippen LogP) is 18.6. The Balaban J connectivity index is 1.19. The molecule has 0 fully saturated rings. The Hall–Kier alpha value is -5.20. The van der Waals surface area contributed by atoms with Crippen molar-refractivity contribution in [3.63, 3.8) is 0 Å². The van der Waals surface area contributed by atoms with Gasteiger partial charge >= 0.3 is 0 Å². The van der Waals surface area contributed by atoms with E-state index in [1.807, 2.05) is 0 Å². The van der Waals surface area contributed by atoms with Gasteiger partial charge in [0.2, 0.25) is 0 Å². The highest BCUT2D eigenvalue weighted by molar-refractivity contribution is 6.20. The Morgan fingerprint density at radius 3 is 1.46 bits per heavy atom. The second-order valence-corrected chi connectivity index (χ2v) is 25.6. The van der Waals surface area contributed by atoms with Gasteiger partial charge < -0.3 is 0 Å². The van der Waals surface area contributed by atoms with Crippen molar-refractivity contribution in [2.75, 3.05) is 0 Å². The Kier molecular flexibility index (Phi) is 9.35. The molecule has 0 nitrogen and oxygen atoms in total. The second kappa shape index (κ2) is 13.9. The van der Waals surface area contributed by atoms with Crippen LogP contribution in [0, 0.1) is 5.92 Å². The quantitative estimate of drug-likeness (QED) is 0.165. The summed E-state index contributed by atoms with van der Waals surface area (Å²) in [6, 6.07) is 44.3. The fraction of sp³-hybridized carbons (Fsp3) is 0.385. The maximum Gasteiger partial charge on any atom is 0.0189 e. The zero-order chi connectivity index (χ0) is 46.7. The summed E-state index contributed by atoms with van der Waals surface area (Å²) in [5.41, 5.74) is 27.8. The fourth-order valence-corrected chi connectivity index (χ4v) is 12.1. The maximum atomic E-state index is 2.58. The molecule has 0 aromatic heterocycles. The van der Waals surface area contributed by atoms with Crippen molar-refractivity contribution in [3.8, 4) is 66.8 Å². The van der Waals surface area contributed by atoms with Crippen LogP contribution in [0.2, 0.25) is 0 Å². The summed E-state index contributed by atoms with van der Waals surface area (Å²) in [4.78, 5) is 0. The molecule has 3 aliphatic rings. The molecule has 0 saturated carbocycles. The lowest BCUT2D eigenvalue weighted by Gasteiger charge is -2.32. The Labute approximate surface area is 392 Å². The van der Waals surface area contributed by atoms with Gasteiger partial charge in [-0.15, -0.1) is 0 Å². The maximum absolute atomic E-state index is 2.58. The van der Waals surface area contributed by atoms with Crippen molar-refractivity contribution in [1.82, 2.24) is 0 Å². The average molecular weight is 853 g/mol. The normalized spacial score (nSPS) is 17.1. The highest BCUT2D eigenvalue weighted by atomic mass is 14.5. The third-order valence-corrected chi connectivity index (χ3v) is 15.9. The highest BCUT2D eigenvalue weighted by Gasteiger charge is 2.43. The van der Waals surface area contributed by atoms with E-state index in [0.717, 1.165) is 6.42 Å². The lowest BCUT2D eigenvalue weighted by molar-refractivity contribution is 0.433. The van der Waals surface area contributed by atoms with Crippen molar-refractivity contribution in [2.24, 2.45) is 5.92 Å². The van der Waals surface area contributed by atoms with Crippen LogP contribution in [-0.4, -0.2) is 0 Å². The molecule has 0 spiro atoms. The van der Waals surface area contributed by atoms with E-state index in [1.54, 1.807) is 0 Å². The molecule has 0 bridgehead atoms. The van der Waals surface area contributed by atoms with E-state index in [-0.39, 0.29) is 32.5 Å². The van der Waals surface area contributed by atoms with Crippen LogP contribution in [0.3, 0.4) is 0 Å². The van der Waals surface area contributed by atoms with Crippen LogP contribution >= 0.6 is 0 Å². The lowest BCUT2D eigenvalue weighted by Crippen LogP contribution is -2.25. The molecular weight excluding hydrogens is 781 g/mol. The summed E-state index contributed by atoms with van der Waals surface area (Å²) in [5, 5.41) is 2.72. The smallest absolute Gasteiger partial charge is 0.0189 e. The molecule has 0 amide bonds. The van der Waals surface area contributed by atoms with Gasteiger partial charge in [-0.3, -0.25) is 0 Å². The lowest BCUT2D eigenvalue weighted by atomic mass is 9.71. The summed E-state index contributed by atoms with van der Waals surface area (Å²) in [6.45, 7) is 40.5. The summed E-state index contributed by atoms with van der Waals surface area (Å²) in [6.07, 6.45) is 1.11. The standard InChI is InChI=1S/C65H72/c1-37(2)36-65(17)54-33-40(61(6,7)8)23-26-49(54)58-50(30-41(35-56(58)65)62(9,10)11)38-21-24-43-47-28-27-44(45-19-18-20-46(57(45)47)51(43)29-38)52-31-42(63(12,13)14)34-55-59(52)48-25-22-39(60(3,4)5)32-53(48)64(55,15)16/h18-35,37H,36H2,1-17H3. The number of rotatable bonds is 4. The van der Waals surface area contributed by atoms with Crippen LogP contribution in [0.1, 0.15) is 169 Å². The van der Waals surface area contributed by atoms with E-state index in [1.165, 1.54) is 122 Å².